The number of ether oxygens (including phenoxy) is 1. The third-order valence-corrected chi connectivity index (χ3v) is 6.63. The summed E-state index contributed by atoms with van der Waals surface area (Å²) in [6.45, 7) is 5.94. The Hall–Kier alpha value is -2.98. The number of carbonyl (C=O) groups is 2. The second-order valence-electron chi connectivity index (χ2n) is 7.37. The minimum atomic E-state index is -0.786. The first-order valence-corrected chi connectivity index (χ1v) is 12.2. The van der Waals surface area contributed by atoms with Gasteiger partial charge in [0, 0.05) is 5.75 Å². The fourth-order valence-electron chi connectivity index (χ4n) is 2.95. The van der Waals surface area contributed by atoms with Crippen molar-refractivity contribution in [3.05, 3.63) is 65.5 Å². The largest absolute Gasteiger partial charge is 0.493 e. The third-order valence-electron chi connectivity index (χ3n) is 4.61. The molecule has 3 rings (SSSR count). The van der Waals surface area contributed by atoms with Gasteiger partial charge in [-0.1, -0.05) is 67.3 Å². The number of hydrogen-bond donors (Lipinski definition) is 2. The second kappa shape index (κ2) is 11.8. The summed E-state index contributed by atoms with van der Waals surface area (Å²) in [5.74, 6) is -0.374. The Morgan fingerprint density at radius 1 is 1.12 bits per heavy atom. The zero-order valence-corrected chi connectivity index (χ0v) is 20.1. The van der Waals surface area contributed by atoms with Gasteiger partial charge >= 0.3 is 0 Å². The molecule has 0 bridgehead atoms. The van der Waals surface area contributed by atoms with Crippen LogP contribution in [0.3, 0.4) is 0 Å². The smallest absolute Gasteiger partial charge is 0.255 e. The Morgan fingerprint density at radius 3 is 2.58 bits per heavy atom. The number of benzene rings is 2. The van der Waals surface area contributed by atoms with E-state index in [-0.39, 0.29) is 11.7 Å². The lowest BCUT2D eigenvalue weighted by Gasteiger charge is -2.21. The summed E-state index contributed by atoms with van der Waals surface area (Å²) in [6, 6.07) is 12.6. The summed E-state index contributed by atoms with van der Waals surface area (Å²) in [5.41, 5.74) is 0.929. The average molecular weight is 489 g/mol. The van der Waals surface area contributed by atoms with Crippen molar-refractivity contribution in [1.82, 2.24) is 15.5 Å². The molecule has 0 fully saturated rings. The number of amides is 2. The fourth-order valence-corrected chi connectivity index (χ4v) is 4.69. The molecule has 0 unspecified atom stereocenters. The SMILES string of the molecule is CCOc1ccccc1C(=O)N[C@H](C(=O)Nc1nnc(SCc2ccccc2F)s1)C(C)C. The van der Waals surface area contributed by atoms with Crippen LogP contribution in [0.25, 0.3) is 0 Å². The van der Waals surface area contributed by atoms with Gasteiger partial charge in [0.25, 0.3) is 5.91 Å². The molecule has 33 heavy (non-hydrogen) atoms. The van der Waals surface area contributed by atoms with Crippen molar-refractivity contribution in [2.45, 2.75) is 36.9 Å². The molecule has 0 spiro atoms. The molecule has 1 heterocycles. The second-order valence-corrected chi connectivity index (χ2v) is 9.57. The Morgan fingerprint density at radius 2 is 1.85 bits per heavy atom. The standard InChI is InChI=1S/C23H25FN4O3S2/c1-4-31-18-12-8-6-10-16(18)20(29)25-19(14(2)3)21(30)26-22-27-28-23(33-22)32-13-15-9-5-7-11-17(15)24/h5-12,14,19H,4,13H2,1-3H3,(H,25,29)(H,26,27,30)/t19-/m0/s1. The summed E-state index contributed by atoms with van der Waals surface area (Å²) in [6.07, 6.45) is 0. The van der Waals surface area contributed by atoms with Crippen LogP contribution in [0.4, 0.5) is 9.52 Å². The van der Waals surface area contributed by atoms with Crippen molar-refractivity contribution in [3.63, 3.8) is 0 Å². The highest BCUT2D eigenvalue weighted by Crippen LogP contribution is 2.29. The van der Waals surface area contributed by atoms with Gasteiger partial charge in [0.15, 0.2) is 4.34 Å². The number of para-hydroxylation sites is 1. The Kier molecular flexibility index (Phi) is 8.79. The van der Waals surface area contributed by atoms with Crippen LogP contribution < -0.4 is 15.4 Å². The van der Waals surface area contributed by atoms with Crippen LogP contribution in [0.15, 0.2) is 52.9 Å². The third kappa shape index (κ3) is 6.75. The molecule has 3 aromatic rings. The zero-order valence-electron chi connectivity index (χ0n) is 18.5. The van der Waals surface area contributed by atoms with Crippen LogP contribution in [-0.4, -0.2) is 34.7 Å². The summed E-state index contributed by atoms with van der Waals surface area (Å²) in [7, 11) is 0. The number of rotatable bonds is 10. The van der Waals surface area contributed by atoms with Gasteiger partial charge in [0.05, 0.1) is 12.2 Å². The van der Waals surface area contributed by atoms with E-state index in [1.165, 1.54) is 29.2 Å². The van der Waals surface area contributed by atoms with Crippen LogP contribution in [0.5, 0.6) is 5.75 Å². The number of halogens is 1. The predicted octanol–water partition coefficient (Wildman–Crippen LogP) is 4.76. The van der Waals surface area contributed by atoms with Crippen LogP contribution in [0.1, 0.15) is 36.7 Å². The lowest BCUT2D eigenvalue weighted by molar-refractivity contribution is -0.118. The van der Waals surface area contributed by atoms with Crippen molar-refractivity contribution >= 4 is 40.0 Å². The van der Waals surface area contributed by atoms with E-state index < -0.39 is 17.9 Å². The predicted molar refractivity (Wildman–Crippen MR) is 128 cm³/mol. The van der Waals surface area contributed by atoms with Gasteiger partial charge in [-0.05, 0) is 36.6 Å². The molecular weight excluding hydrogens is 463 g/mol. The highest BCUT2D eigenvalue weighted by molar-refractivity contribution is 8.00. The van der Waals surface area contributed by atoms with E-state index in [0.29, 0.717) is 38.7 Å². The maximum Gasteiger partial charge on any atom is 0.255 e. The highest BCUT2D eigenvalue weighted by atomic mass is 32.2. The van der Waals surface area contributed by atoms with Gasteiger partial charge in [-0.2, -0.15) is 0 Å². The Balaban J connectivity index is 1.63. The van der Waals surface area contributed by atoms with E-state index in [9.17, 15) is 14.0 Å². The van der Waals surface area contributed by atoms with Crippen LogP contribution in [0.2, 0.25) is 0 Å². The van der Waals surface area contributed by atoms with Gasteiger partial charge in [0.1, 0.15) is 17.6 Å². The van der Waals surface area contributed by atoms with Crippen molar-refractivity contribution < 1.29 is 18.7 Å². The number of hydrogen-bond acceptors (Lipinski definition) is 7. The molecule has 2 N–H and O–H groups in total. The fraction of sp³-hybridized carbons (Fsp3) is 0.304. The first-order chi connectivity index (χ1) is 15.9. The van der Waals surface area contributed by atoms with Gasteiger partial charge in [-0.15, -0.1) is 10.2 Å². The molecule has 7 nitrogen and oxygen atoms in total. The van der Waals surface area contributed by atoms with Crippen molar-refractivity contribution in [3.8, 4) is 5.75 Å². The molecule has 0 saturated heterocycles. The first kappa shape index (κ1) is 24.7. The first-order valence-electron chi connectivity index (χ1n) is 10.4. The molecule has 2 aromatic carbocycles. The van der Waals surface area contributed by atoms with Crippen LogP contribution in [-0.2, 0) is 10.5 Å². The Bertz CT molecular complexity index is 1110. The molecule has 10 heteroatoms. The van der Waals surface area contributed by atoms with Gasteiger partial charge in [-0.25, -0.2) is 4.39 Å². The highest BCUT2D eigenvalue weighted by Gasteiger charge is 2.26. The lowest BCUT2D eigenvalue weighted by atomic mass is 10.0. The molecule has 0 saturated carbocycles. The van der Waals surface area contributed by atoms with Crippen molar-refractivity contribution in [1.29, 1.82) is 0 Å². The van der Waals surface area contributed by atoms with E-state index in [0.717, 1.165) is 0 Å². The molecule has 1 atom stereocenters. The molecular formula is C23H25FN4O3S2. The van der Waals surface area contributed by atoms with Crippen LogP contribution >= 0.6 is 23.1 Å². The van der Waals surface area contributed by atoms with Gasteiger partial charge < -0.3 is 10.1 Å². The lowest BCUT2D eigenvalue weighted by Crippen LogP contribution is -2.47. The Labute approximate surface area is 200 Å². The quantitative estimate of drug-likeness (QED) is 0.316. The number of nitrogens with zero attached hydrogens (tertiary/aromatic N) is 2. The van der Waals surface area contributed by atoms with E-state index >= 15 is 0 Å². The summed E-state index contributed by atoms with van der Waals surface area (Å²) < 4.78 is 19.9. The van der Waals surface area contributed by atoms with Gasteiger partial charge in [-0.3, -0.25) is 14.9 Å². The van der Waals surface area contributed by atoms with E-state index in [2.05, 4.69) is 20.8 Å². The minimum absolute atomic E-state index is 0.170. The topological polar surface area (TPSA) is 93.2 Å². The summed E-state index contributed by atoms with van der Waals surface area (Å²) in [4.78, 5) is 25.7. The number of anilines is 1. The number of thioether (sulfide) groups is 1. The van der Waals surface area contributed by atoms with E-state index in [1.54, 1.807) is 42.5 Å². The normalized spacial score (nSPS) is 11.8. The number of nitrogens with one attached hydrogen (secondary N) is 2. The van der Waals surface area contributed by atoms with Gasteiger partial charge in [0.2, 0.25) is 11.0 Å². The molecule has 0 aliphatic rings. The van der Waals surface area contributed by atoms with E-state index in [1.807, 2.05) is 20.8 Å². The molecule has 0 aliphatic carbocycles. The molecule has 1 aromatic heterocycles. The zero-order chi connectivity index (χ0) is 23.8. The maximum atomic E-state index is 13.8. The summed E-state index contributed by atoms with van der Waals surface area (Å²) >= 11 is 2.53. The van der Waals surface area contributed by atoms with Crippen LogP contribution in [0, 0.1) is 11.7 Å². The van der Waals surface area contributed by atoms with E-state index in [4.69, 9.17) is 4.74 Å². The molecule has 174 valence electrons. The maximum absolute atomic E-state index is 13.8. The number of aromatic nitrogens is 2. The molecule has 2 amide bonds. The van der Waals surface area contributed by atoms with Crippen molar-refractivity contribution in [2.24, 2.45) is 5.92 Å². The monoisotopic (exact) mass is 488 g/mol. The summed E-state index contributed by atoms with van der Waals surface area (Å²) in [5, 5.41) is 13.9. The molecule has 0 aliphatic heterocycles. The molecule has 0 radical (unpaired) electrons. The van der Waals surface area contributed by atoms with Crippen molar-refractivity contribution in [2.75, 3.05) is 11.9 Å². The number of carbonyl (C=O) groups excluding carboxylic acids is 2. The minimum Gasteiger partial charge on any atom is -0.493 e. The average Bonchev–Trinajstić information content (AvgIpc) is 3.24.